The van der Waals surface area contributed by atoms with E-state index in [1.807, 2.05) is 0 Å². The first-order valence-corrected chi connectivity index (χ1v) is 8.74. The Bertz CT molecular complexity index is 808. The molecule has 140 valence electrons. The predicted molar refractivity (Wildman–Crippen MR) is 96.6 cm³/mol. The summed E-state index contributed by atoms with van der Waals surface area (Å²) in [7, 11) is 0. The third kappa shape index (κ3) is 3.64. The van der Waals surface area contributed by atoms with Crippen LogP contribution < -0.4 is 11.1 Å². The second-order valence-corrected chi connectivity index (χ2v) is 7.30. The van der Waals surface area contributed by atoms with E-state index in [0.717, 1.165) is 36.1 Å². The molecular formula is C18H17Cl2F3N2O. The van der Waals surface area contributed by atoms with Gasteiger partial charge in [-0.3, -0.25) is 0 Å². The van der Waals surface area contributed by atoms with E-state index in [2.05, 4.69) is 5.32 Å². The molecule has 0 saturated heterocycles. The average molecular weight is 405 g/mol. The van der Waals surface area contributed by atoms with Crippen LogP contribution in [0.25, 0.3) is 0 Å². The summed E-state index contributed by atoms with van der Waals surface area (Å²) in [6, 6.07) is 8.61. The van der Waals surface area contributed by atoms with E-state index in [-0.39, 0.29) is 16.1 Å². The van der Waals surface area contributed by atoms with Crippen molar-refractivity contribution in [2.45, 2.75) is 30.7 Å². The Morgan fingerprint density at radius 3 is 2.38 bits per heavy atom. The molecule has 0 saturated carbocycles. The second-order valence-electron chi connectivity index (χ2n) is 6.43. The van der Waals surface area contributed by atoms with E-state index in [9.17, 15) is 18.3 Å². The largest absolute Gasteiger partial charge is 0.423 e. The van der Waals surface area contributed by atoms with Crippen LogP contribution in [-0.2, 0) is 12.0 Å². The number of hydrogen-bond acceptors (Lipinski definition) is 3. The second kappa shape index (κ2) is 6.93. The van der Waals surface area contributed by atoms with Crippen LogP contribution in [-0.4, -0.2) is 17.8 Å². The van der Waals surface area contributed by atoms with Gasteiger partial charge < -0.3 is 16.2 Å². The van der Waals surface area contributed by atoms with Crippen molar-refractivity contribution in [2.24, 2.45) is 5.73 Å². The van der Waals surface area contributed by atoms with Gasteiger partial charge in [-0.1, -0.05) is 29.3 Å². The van der Waals surface area contributed by atoms with Crippen molar-refractivity contribution in [2.75, 3.05) is 11.9 Å². The fraction of sp³-hybridized carbons (Fsp3) is 0.333. The normalized spacial score (nSPS) is 19.1. The van der Waals surface area contributed by atoms with Gasteiger partial charge in [-0.05, 0) is 59.9 Å². The van der Waals surface area contributed by atoms with Crippen LogP contribution in [0.3, 0.4) is 0 Å². The quantitative estimate of drug-likeness (QED) is 0.685. The number of hydrogen-bond donors (Lipinski definition) is 3. The maximum atomic E-state index is 13.6. The first-order valence-electron chi connectivity index (χ1n) is 7.98. The first kappa shape index (κ1) is 19.3. The number of aryl methyl sites for hydroxylation is 1. The molecule has 0 amide bonds. The van der Waals surface area contributed by atoms with E-state index >= 15 is 0 Å². The highest BCUT2D eigenvalue weighted by Crippen LogP contribution is 2.41. The van der Waals surface area contributed by atoms with Crippen molar-refractivity contribution in [3.05, 3.63) is 63.1 Å². The number of anilines is 1. The zero-order valence-corrected chi connectivity index (χ0v) is 15.1. The van der Waals surface area contributed by atoms with Crippen LogP contribution in [0.5, 0.6) is 0 Å². The zero-order valence-electron chi connectivity index (χ0n) is 13.6. The Balaban J connectivity index is 1.88. The molecule has 0 spiro atoms. The number of benzene rings is 2. The van der Waals surface area contributed by atoms with Gasteiger partial charge in [0.15, 0.2) is 0 Å². The van der Waals surface area contributed by atoms with Crippen molar-refractivity contribution >= 4 is 28.9 Å². The molecule has 0 fully saturated rings. The molecule has 0 aromatic heterocycles. The lowest BCUT2D eigenvalue weighted by atomic mass is 9.92. The molecular weight excluding hydrogens is 388 g/mol. The Labute approximate surface area is 158 Å². The van der Waals surface area contributed by atoms with Crippen molar-refractivity contribution in [1.82, 2.24) is 0 Å². The third-order valence-electron chi connectivity index (χ3n) is 4.62. The third-order valence-corrected chi connectivity index (χ3v) is 5.06. The van der Waals surface area contributed by atoms with E-state index < -0.39 is 23.9 Å². The monoisotopic (exact) mass is 404 g/mol. The van der Waals surface area contributed by atoms with Gasteiger partial charge in [0.05, 0.1) is 6.54 Å². The van der Waals surface area contributed by atoms with E-state index in [0.29, 0.717) is 5.69 Å². The topological polar surface area (TPSA) is 58.3 Å². The number of halogens is 5. The van der Waals surface area contributed by atoms with Crippen LogP contribution in [0.2, 0.25) is 10.0 Å². The molecule has 0 radical (unpaired) electrons. The Hall–Kier alpha value is -1.47. The fourth-order valence-electron chi connectivity index (χ4n) is 3.15. The predicted octanol–water partition coefficient (Wildman–Crippen LogP) is 4.80. The minimum Gasteiger partial charge on any atom is -0.381 e. The molecule has 2 atom stereocenters. The lowest BCUT2D eigenvalue weighted by Crippen LogP contribution is -2.47. The highest BCUT2D eigenvalue weighted by atomic mass is 35.5. The summed E-state index contributed by atoms with van der Waals surface area (Å²) < 4.78 is 40.9. The number of nitrogens with two attached hydrogens (primary N) is 1. The Morgan fingerprint density at radius 1 is 1.12 bits per heavy atom. The smallest absolute Gasteiger partial charge is 0.381 e. The highest BCUT2D eigenvalue weighted by Gasteiger charge is 2.55. The molecule has 0 bridgehead atoms. The summed E-state index contributed by atoms with van der Waals surface area (Å²) in [5.74, 6) is 0. The number of alkyl halides is 3. The summed E-state index contributed by atoms with van der Waals surface area (Å²) in [5.41, 5.74) is 4.89. The lowest BCUT2D eigenvalue weighted by Gasteiger charge is -2.32. The van der Waals surface area contributed by atoms with E-state index in [1.54, 1.807) is 18.2 Å². The summed E-state index contributed by atoms with van der Waals surface area (Å²) in [6.45, 7) is -0.780. The SMILES string of the molecule is N[C@@H]1CCc2cc(NC[C@@](O)(c3cc(Cl)cc(Cl)c3)C(F)(F)F)ccc21. The van der Waals surface area contributed by atoms with Gasteiger partial charge in [0, 0.05) is 21.8 Å². The molecule has 8 heteroatoms. The van der Waals surface area contributed by atoms with Gasteiger partial charge in [-0.2, -0.15) is 13.2 Å². The van der Waals surface area contributed by atoms with Crippen LogP contribution in [0.1, 0.15) is 29.2 Å². The molecule has 1 aliphatic rings. The van der Waals surface area contributed by atoms with Gasteiger partial charge in [0.1, 0.15) is 0 Å². The lowest BCUT2D eigenvalue weighted by molar-refractivity contribution is -0.260. The van der Waals surface area contributed by atoms with Gasteiger partial charge >= 0.3 is 6.18 Å². The molecule has 1 aliphatic carbocycles. The number of aliphatic hydroxyl groups is 1. The molecule has 3 nitrogen and oxygen atoms in total. The minimum absolute atomic E-state index is 0.0155. The van der Waals surface area contributed by atoms with Crippen LogP contribution in [0.4, 0.5) is 18.9 Å². The Kier molecular flexibility index (Phi) is 5.14. The molecule has 26 heavy (non-hydrogen) atoms. The summed E-state index contributed by atoms with van der Waals surface area (Å²) in [4.78, 5) is 0. The van der Waals surface area contributed by atoms with Crippen molar-refractivity contribution in [3.8, 4) is 0 Å². The molecule has 0 heterocycles. The number of nitrogens with one attached hydrogen (secondary N) is 1. The Morgan fingerprint density at radius 2 is 1.77 bits per heavy atom. The number of fused-ring (bicyclic) bond motifs is 1. The van der Waals surface area contributed by atoms with Gasteiger partial charge in [-0.25, -0.2) is 0 Å². The van der Waals surface area contributed by atoms with Crippen molar-refractivity contribution in [1.29, 1.82) is 0 Å². The van der Waals surface area contributed by atoms with E-state index in [4.69, 9.17) is 28.9 Å². The minimum atomic E-state index is -4.92. The standard InChI is InChI=1S/C18H17Cl2F3N2O/c19-12-6-11(7-13(20)8-12)17(26,18(21,22)23)9-25-14-2-3-15-10(5-14)1-4-16(15)24/h2-3,5-8,16,25-26H,1,4,9,24H2/t16-,17-/m1/s1. The molecule has 0 unspecified atom stereocenters. The molecule has 4 N–H and O–H groups in total. The zero-order chi connectivity index (χ0) is 19.1. The fourth-order valence-corrected chi connectivity index (χ4v) is 3.68. The van der Waals surface area contributed by atoms with Gasteiger partial charge in [0.2, 0.25) is 5.60 Å². The molecule has 3 rings (SSSR count). The highest BCUT2D eigenvalue weighted by molar-refractivity contribution is 6.34. The summed E-state index contributed by atoms with van der Waals surface area (Å²) in [6.07, 6.45) is -3.33. The van der Waals surface area contributed by atoms with Crippen LogP contribution in [0.15, 0.2) is 36.4 Å². The van der Waals surface area contributed by atoms with Gasteiger partial charge in [0.25, 0.3) is 0 Å². The van der Waals surface area contributed by atoms with E-state index in [1.165, 1.54) is 6.07 Å². The molecule has 2 aromatic rings. The molecule has 2 aromatic carbocycles. The van der Waals surface area contributed by atoms with Crippen LogP contribution >= 0.6 is 23.2 Å². The maximum absolute atomic E-state index is 13.6. The molecule has 0 aliphatic heterocycles. The van der Waals surface area contributed by atoms with Crippen LogP contribution in [0, 0.1) is 0 Å². The number of rotatable bonds is 4. The van der Waals surface area contributed by atoms with Gasteiger partial charge in [-0.15, -0.1) is 0 Å². The summed E-state index contributed by atoms with van der Waals surface area (Å²) >= 11 is 11.6. The maximum Gasteiger partial charge on any atom is 0.423 e. The van der Waals surface area contributed by atoms with Crippen molar-refractivity contribution < 1.29 is 18.3 Å². The van der Waals surface area contributed by atoms with Crippen molar-refractivity contribution in [3.63, 3.8) is 0 Å². The first-order chi connectivity index (χ1) is 12.1. The average Bonchev–Trinajstić information content (AvgIpc) is 2.91. The summed E-state index contributed by atoms with van der Waals surface area (Å²) in [5, 5.41) is 13.1.